The first-order valence-electron chi connectivity index (χ1n) is 5.35. The number of benzene rings is 1. The first-order chi connectivity index (χ1) is 8.65. The van der Waals surface area contributed by atoms with Crippen molar-refractivity contribution in [1.29, 1.82) is 0 Å². The molecule has 0 spiro atoms. The quantitative estimate of drug-likeness (QED) is 0.938. The Hall–Kier alpha value is -1.33. The SMILES string of the molecule is O=C(NCCn1ccnc1)c1cc(Cl)cc(Br)c1. The molecule has 0 aliphatic carbocycles. The van der Waals surface area contributed by atoms with Crippen molar-refractivity contribution in [2.75, 3.05) is 6.54 Å². The van der Waals surface area contributed by atoms with Crippen molar-refractivity contribution in [1.82, 2.24) is 14.9 Å². The highest BCUT2D eigenvalue weighted by Gasteiger charge is 2.06. The van der Waals surface area contributed by atoms with Gasteiger partial charge in [0.05, 0.1) is 6.33 Å². The fraction of sp³-hybridized carbons (Fsp3) is 0.167. The number of aromatic nitrogens is 2. The van der Waals surface area contributed by atoms with Crippen molar-refractivity contribution >= 4 is 33.4 Å². The zero-order chi connectivity index (χ0) is 13.0. The number of carbonyl (C=O) groups excluding carboxylic acids is 1. The highest BCUT2D eigenvalue weighted by molar-refractivity contribution is 9.10. The molecule has 1 aromatic carbocycles. The van der Waals surface area contributed by atoms with Gasteiger partial charge >= 0.3 is 0 Å². The third kappa shape index (κ3) is 3.58. The maximum Gasteiger partial charge on any atom is 0.251 e. The Bertz CT molecular complexity index is 522. The van der Waals surface area contributed by atoms with Gasteiger partial charge < -0.3 is 9.88 Å². The van der Waals surface area contributed by atoms with Crippen LogP contribution in [0, 0.1) is 0 Å². The van der Waals surface area contributed by atoms with Crippen LogP contribution in [0.2, 0.25) is 5.02 Å². The molecule has 0 atom stereocenters. The van der Waals surface area contributed by atoms with Crippen molar-refractivity contribution in [2.24, 2.45) is 0 Å². The number of hydrogen-bond acceptors (Lipinski definition) is 2. The summed E-state index contributed by atoms with van der Waals surface area (Å²) in [6, 6.07) is 5.11. The van der Waals surface area contributed by atoms with Crippen LogP contribution in [0.4, 0.5) is 0 Å². The van der Waals surface area contributed by atoms with Crippen LogP contribution >= 0.6 is 27.5 Å². The predicted octanol–water partition coefficient (Wildman–Crippen LogP) is 2.73. The smallest absolute Gasteiger partial charge is 0.251 e. The van der Waals surface area contributed by atoms with E-state index in [1.807, 2.05) is 10.8 Å². The van der Waals surface area contributed by atoms with Crippen molar-refractivity contribution < 1.29 is 4.79 Å². The Labute approximate surface area is 118 Å². The van der Waals surface area contributed by atoms with E-state index in [1.165, 1.54) is 0 Å². The summed E-state index contributed by atoms with van der Waals surface area (Å²) >= 11 is 9.19. The minimum atomic E-state index is -0.140. The van der Waals surface area contributed by atoms with Crippen molar-refractivity contribution in [3.05, 3.63) is 52.0 Å². The molecule has 4 nitrogen and oxygen atoms in total. The average Bonchev–Trinajstić information content (AvgIpc) is 2.80. The lowest BCUT2D eigenvalue weighted by Crippen LogP contribution is -2.26. The molecule has 0 radical (unpaired) electrons. The first kappa shape index (κ1) is 13.1. The van der Waals surface area contributed by atoms with Gasteiger partial charge in [-0.1, -0.05) is 27.5 Å². The highest BCUT2D eigenvalue weighted by atomic mass is 79.9. The number of imidazole rings is 1. The van der Waals surface area contributed by atoms with Crippen molar-refractivity contribution in [3.8, 4) is 0 Å². The van der Waals surface area contributed by atoms with E-state index >= 15 is 0 Å². The maximum atomic E-state index is 11.9. The highest BCUT2D eigenvalue weighted by Crippen LogP contribution is 2.19. The van der Waals surface area contributed by atoms with E-state index in [1.54, 1.807) is 30.7 Å². The van der Waals surface area contributed by atoms with Crippen LogP contribution in [-0.4, -0.2) is 22.0 Å². The molecule has 0 saturated heterocycles. The van der Waals surface area contributed by atoms with Gasteiger partial charge in [-0.2, -0.15) is 0 Å². The molecule has 0 aliphatic heterocycles. The summed E-state index contributed by atoms with van der Waals surface area (Å²) in [5.74, 6) is -0.140. The minimum absolute atomic E-state index is 0.140. The largest absolute Gasteiger partial charge is 0.350 e. The Morgan fingerprint density at radius 2 is 2.28 bits per heavy atom. The zero-order valence-electron chi connectivity index (χ0n) is 9.44. The Morgan fingerprint density at radius 1 is 1.44 bits per heavy atom. The summed E-state index contributed by atoms with van der Waals surface area (Å²) in [6.07, 6.45) is 5.26. The molecule has 0 fully saturated rings. The van der Waals surface area contributed by atoms with Crippen LogP contribution in [0.15, 0.2) is 41.4 Å². The molecule has 0 saturated carbocycles. The first-order valence-corrected chi connectivity index (χ1v) is 6.52. The lowest BCUT2D eigenvalue weighted by molar-refractivity contribution is 0.0952. The third-order valence-electron chi connectivity index (χ3n) is 2.34. The molecule has 1 N–H and O–H groups in total. The number of hydrogen-bond donors (Lipinski definition) is 1. The Morgan fingerprint density at radius 3 is 2.94 bits per heavy atom. The summed E-state index contributed by atoms with van der Waals surface area (Å²) in [6.45, 7) is 1.23. The number of amides is 1. The number of rotatable bonds is 4. The normalized spacial score (nSPS) is 10.3. The average molecular weight is 329 g/mol. The third-order valence-corrected chi connectivity index (χ3v) is 3.02. The number of nitrogens with one attached hydrogen (secondary N) is 1. The number of nitrogens with zero attached hydrogens (tertiary/aromatic N) is 2. The molecular formula is C12H11BrClN3O. The van der Waals surface area contributed by atoms with Crippen LogP contribution in [0.3, 0.4) is 0 Å². The molecular weight excluding hydrogens is 318 g/mol. The standard InChI is InChI=1S/C12H11BrClN3O/c13-10-5-9(6-11(14)7-10)12(18)16-2-4-17-3-1-15-8-17/h1,3,5-8H,2,4H2,(H,16,18). The van der Waals surface area contributed by atoms with Crippen LogP contribution < -0.4 is 5.32 Å². The summed E-state index contributed by atoms with van der Waals surface area (Å²) in [4.78, 5) is 15.8. The summed E-state index contributed by atoms with van der Waals surface area (Å²) in [5.41, 5.74) is 0.542. The molecule has 6 heteroatoms. The molecule has 18 heavy (non-hydrogen) atoms. The second kappa shape index (κ2) is 6.02. The van der Waals surface area contributed by atoms with Crippen molar-refractivity contribution in [2.45, 2.75) is 6.54 Å². The van der Waals surface area contributed by atoms with Crippen LogP contribution in [-0.2, 0) is 6.54 Å². The molecule has 1 amide bonds. The van der Waals surface area contributed by atoms with Gasteiger partial charge in [0.15, 0.2) is 0 Å². The molecule has 0 bridgehead atoms. The van der Waals surface area contributed by atoms with E-state index < -0.39 is 0 Å². The second-order valence-corrected chi connectivity index (χ2v) is 5.07. The van der Waals surface area contributed by atoms with Gasteiger partial charge in [-0.05, 0) is 18.2 Å². The molecule has 0 unspecified atom stereocenters. The van der Waals surface area contributed by atoms with E-state index in [-0.39, 0.29) is 5.91 Å². The van der Waals surface area contributed by atoms with E-state index in [0.29, 0.717) is 23.7 Å². The van der Waals surface area contributed by atoms with E-state index in [9.17, 15) is 4.79 Å². The van der Waals surface area contributed by atoms with Crippen molar-refractivity contribution in [3.63, 3.8) is 0 Å². The van der Waals surface area contributed by atoms with Gasteiger partial charge in [0.1, 0.15) is 0 Å². The minimum Gasteiger partial charge on any atom is -0.350 e. The number of carbonyl (C=O) groups is 1. The second-order valence-electron chi connectivity index (χ2n) is 3.71. The van der Waals surface area contributed by atoms with Gasteiger partial charge in [-0.3, -0.25) is 4.79 Å². The fourth-order valence-corrected chi connectivity index (χ4v) is 2.36. The van der Waals surface area contributed by atoms with Gasteiger partial charge in [0.25, 0.3) is 5.91 Å². The lowest BCUT2D eigenvalue weighted by atomic mass is 10.2. The molecule has 2 rings (SSSR count). The van der Waals surface area contributed by atoms with Gasteiger partial charge in [0.2, 0.25) is 0 Å². The summed E-state index contributed by atoms with van der Waals surface area (Å²) < 4.78 is 2.68. The summed E-state index contributed by atoms with van der Waals surface area (Å²) in [5, 5.41) is 3.36. The Kier molecular flexibility index (Phi) is 4.38. The predicted molar refractivity (Wildman–Crippen MR) is 73.7 cm³/mol. The molecule has 1 aromatic heterocycles. The number of halogens is 2. The molecule has 0 aliphatic rings. The topological polar surface area (TPSA) is 46.9 Å². The zero-order valence-corrected chi connectivity index (χ0v) is 11.8. The van der Waals surface area contributed by atoms with E-state index in [4.69, 9.17) is 11.6 Å². The van der Waals surface area contributed by atoms with E-state index in [2.05, 4.69) is 26.2 Å². The summed E-state index contributed by atoms with van der Waals surface area (Å²) in [7, 11) is 0. The van der Waals surface area contributed by atoms with Gasteiger partial charge in [-0.15, -0.1) is 0 Å². The monoisotopic (exact) mass is 327 g/mol. The van der Waals surface area contributed by atoms with Gasteiger partial charge in [-0.25, -0.2) is 4.98 Å². The van der Waals surface area contributed by atoms with Crippen LogP contribution in [0.5, 0.6) is 0 Å². The Balaban J connectivity index is 1.91. The van der Waals surface area contributed by atoms with Crippen LogP contribution in [0.1, 0.15) is 10.4 Å². The van der Waals surface area contributed by atoms with Gasteiger partial charge in [0, 0.05) is 40.5 Å². The fourth-order valence-electron chi connectivity index (χ4n) is 1.50. The molecule has 1 heterocycles. The van der Waals surface area contributed by atoms with Crippen LogP contribution in [0.25, 0.3) is 0 Å². The lowest BCUT2D eigenvalue weighted by Gasteiger charge is -2.06. The maximum absolute atomic E-state index is 11.9. The van der Waals surface area contributed by atoms with E-state index in [0.717, 1.165) is 4.47 Å². The molecule has 94 valence electrons. The molecule has 2 aromatic rings.